The molecule has 5 rings (SSSR count). The predicted octanol–water partition coefficient (Wildman–Crippen LogP) is 4.37. The van der Waals surface area contributed by atoms with E-state index in [1.165, 1.54) is 6.20 Å². The Labute approximate surface area is 181 Å². The van der Waals surface area contributed by atoms with Gasteiger partial charge in [0.1, 0.15) is 11.4 Å². The van der Waals surface area contributed by atoms with E-state index in [1.807, 2.05) is 30.3 Å². The van der Waals surface area contributed by atoms with Gasteiger partial charge < -0.3 is 20.1 Å². The number of hydrogen-bond donors (Lipinski definition) is 2. The summed E-state index contributed by atoms with van der Waals surface area (Å²) < 4.78 is 51.5. The van der Waals surface area contributed by atoms with Gasteiger partial charge in [0.05, 0.1) is 6.20 Å². The van der Waals surface area contributed by atoms with E-state index in [2.05, 4.69) is 15.7 Å². The molecule has 10 heteroatoms. The highest BCUT2D eigenvalue weighted by Gasteiger charge is 2.44. The number of fused-ring (bicyclic) bond motifs is 2. The number of para-hydroxylation sites is 1. The summed E-state index contributed by atoms with van der Waals surface area (Å²) in [6.45, 7) is 0.293. The number of amides is 1. The van der Waals surface area contributed by atoms with Crippen LogP contribution in [0.25, 0.3) is 0 Å². The highest BCUT2D eigenvalue weighted by molar-refractivity contribution is 6.07. The minimum Gasteiger partial charge on any atom is -0.454 e. The molecule has 3 aromatic rings. The fourth-order valence-electron chi connectivity index (χ4n) is 3.95. The number of aromatic nitrogens is 2. The molecule has 7 nitrogen and oxygen atoms in total. The second kappa shape index (κ2) is 7.77. The number of rotatable bonds is 4. The molecule has 2 aliphatic heterocycles. The van der Waals surface area contributed by atoms with Crippen LogP contribution in [0, 0.1) is 0 Å². The Balaban J connectivity index is 1.38. The molecule has 0 saturated heterocycles. The number of halogens is 3. The standard InChI is InChI=1S/C22H19F3N4O3/c23-22(24,25)19-7-8-26-20-15(11-27-29(19)20)21(30)28-16-4-2-1-3-14(16)9-13-5-6-17-18(10-13)32-12-31-17/h1-6,10-11,19,26H,7-9,12H2,(H,28,30). The predicted molar refractivity (Wildman–Crippen MR) is 110 cm³/mol. The molecule has 1 amide bonds. The Hall–Kier alpha value is -3.69. The van der Waals surface area contributed by atoms with Crippen LogP contribution in [0.15, 0.2) is 48.7 Å². The van der Waals surface area contributed by atoms with Crippen LogP contribution in [0.5, 0.6) is 11.5 Å². The number of alkyl halides is 3. The van der Waals surface area contributed by atoms with Crippen molar-refractivity contribution in [1.29, 1.82) is 0 Å². The first-order valence-corrected chi connectivity index (χ1v) is 10.1. The van der Waals surface area contributed by atoms with Crippen molar-refractivity contribution in [2.45, 2.75) is 25.1 Å². The number of ether oxygens (including phenoxy) is 2. The first kappa shape index (κ1) is 20.2. The summed E-state index contributed by atoms with van der Waals surface area (Å²) in [6.07, 6.45) is -2.89. The minimum atomic E-state index is -4.44. The molecule has 1 aromatic heterocycles. The molecule has 0 saturated carbocycles. The monoisotopic (exact) mass is 444 g/mol. The fourth-order valence-corrected chi connectivity index (χ4v) is 3.95. The van der Waals surface area contributed by atoms with Gasteiger partial charge in [-0.05, 0) is 42.2 Å². The largest absolute Gasteiger partial charge is 0.454 e. The maximum Gasteiger partial charge on any atom is 0.410 e. The Morgan fingerprint density at radius 2 is 2.00 bits per heavy atom. The highest BCUT2D eigenvalue weighted by Crippen LogP contribution is 2.38. The Kier molecular flexibility index (Phi) is 4.91. The van der Waals surface area contributed by atoms with E-state index in [1.54, 1.807) is 12.1 Å². The molecule has 0 radical (unpaired) electrons. The summed E-state index contributed by atoms with van der Waals surface area (Å²) in [5, 5.41) is 9.53. The van der Waals surface area contributed by atoms with Gasteiger partial charge in [-0.25, -0.2) is 4.68 Å². The number of carbonyl (C=O) groups is 1. The lowest BCUT2D eigenvalue weighted by molar-refractivity contribution is -0.171. The molecule has 0 fully saturated rings. The Bertz CT molecular complexity index is 1180. The van der Waals surface area contributed by atoms with E-state index in [-0.39, 0.29) is 31.1 Å². The maximum atomic E-state index is 13.3. The van der Waals surface area contributed by atoms with Gasteiger partial charge in [-0.1, -0.05) is 24.3 Å². The first-order valence-electron chi connectivity index (χ1n) is 10.1. The van der Waals surface area contributed by atoms with Crippen LogP contribution < -0.4 is 20.1 Å². The van der Waals surface area contributed by atoms with Gasteiger partial charge in [0, 0.05) is 12.2 Å². The van der Waals surface area contributed by atoms with Crippen LogP contribution in [-0.4, -0.2) is 35.2 Å². The zero-order valence-electron chi connectivity index (χ0n) is 16.8. The third-order valence-corrected chi connectivity index (χ3v) is 5.52. The number of hydrogen-bond acceptors (Lipinski definition) is 5. The highest BCUT2D eigenvalue weighted by atomic mass is 19.4. The van der Waals surface area contributed by atoms with Crippen molar-refractivity contribution in [1.82, 2.24) is 9.78 Å². The SMILES string of the molecule is O=C(Nc1ccccc1Cc1ccc2c(c1)OCO2)c1cnn2c1NCCC2C(F)(F)F. The minimum absolute atomic E-state index is 0.0665. The lowest BCUT2D eigenvalue weighted by Crippen LogP contribution is -2.34. The van der Waals surface area contributed by atoms with Crippen LogP contribution in [0.2, 0.25) is 0 Å². The maximum absolute atomic E-state index is 13.3. The van der Waals surface area contributed by atoms with Crippen molar-refractivity contribution in [2.24, 2.45) is 0 Å². The van der Waals surface area contributed by atoms with Crippen LogP contribution in [0.4, 0.5) is 24.7 Å². The summed E-state index contributed by atoms with van der Waals surface area (Å²) >= 11 is 0. The third-order valence-electron chi connectivity index (χ3n) is 5.52. The molecule has 166 valence electrons. The summed E-state index contributed by atoms with van der Waals surface area (Å²) in [4.78, 5) is 12.9. The first-order chi connectivity index (χ1) is 15.4. The van der Waals surface area contributed by atoms with Crippen molar-refractivity contribution in [3.63, 3.8) is 0 Å². The second-order valence-electron chi connectivity index (χ2n) is 7.60. The zero-order valence-corrected chi connectivity index (χ0v) is 16.8. The normalized spacial score (nSPS) is 16.9. The zero-order chi connectivity index (χ0) is 22.3. The summed E-state index contributed by atoms with van der Waals surface area (Å²) in [5.74, 6) is 0.899. The molecule has 0 spiro atoms. The summed E-state index contributed by atoms with van der Waals surface area (Å²) in [7, 11) is 0. The molecule has 32 heavy (non-hydrogen) atoms. The van der Waals surface area contributed by atoms with Crippen molar-refractivity contribution in [3.05, 3.63) is 65.4 Å². The lowest BCUT2D eigenvalue weighted by Gasteiger charge is -2.27. The Morgan fingerprint density at radius 1 is 1.19 bits per heavy atom. The fraction of sp³-hybridized carbons (Fsp3) is 0.273. The van der Waals surface area contributed by atoms with E-state index in [9.17, 15) is 18.0 Å². The van der Waals surface area contributed by atoms with Crippen molar-refractivity contribution >= 4 is 17.4 Å². The van der Waals surface area contributed by atoms with Crippen LogP contribution in [0.1, 0.15) is 33.9 Å². The van der Waals surface area contributed by atoms with Gasteiger partial charge in [0.15, 0.2) is 17.5 Å². The number of carbonyl (C=O) groups excluding carboxylic acids is 1. The van der Waals surface area contributed by atoms with Gasteiger partial charge in [0.2, 0.25) is 6.79 Å². The van der Waals surface area contributed by atoms with Crippen LogP contribution >= 0.6 is 0 Å². The molecule has 2 N–H and O–H groups in total. The average molecular weight is 444 g/mol. The van der Waals surface area contributed by atoms with E-state index >= 15 is 0 Å². The molecule has 1 atom stereocenters. The van der Waals surface area contributed by atoms with Gasteiger partial charge in [-0.2, -0.15) is 18.3 Å². The topological polar surface area (TPSA) is 77.4 Å². The van der Waals surface area contributed by atoms with E-state index in [0.29, 0.717) is 23.6 Å². The van der Waals surface area contributed by atoms with Crippen LogP contribution in [-0.2, 0) is 6.42 Å². The Morgan fingerprint density at radius 3 is 2.84 bits per heavy atom. The van der Waals surface area contributed by atoms with Gasteiger partial charge in [-0.3, -0.25) is 4.79 Å². The van der Waals surface area contributed by atoms with Crippen LogP contribution in [0.3, 0.4) is 0 Å². The van der Waals surface area contributed by atoms with Crippen molar-refractivity contribution in [3.8, 4) is 11.5 Å². The van der Waals surface area contributed by atoms with Gasteiger partial charge in [0.25, 0.3) is 5.91 Å². The number of nitrogens with one attached hydrogen (secondary N) is 2. The van der Waals surface area contributed by atoms with Gasteiger partial charge >= 0.3 is 6.18 Å². The number of anilines is 2. The van der Waals surface area contributed by atoms with E-state index < -0.39 is 18.1 Å². The summed E-state index contributed by atoms with van der Waals surface area (Å²) in [6, 6.07) is 11.2. The second-order valence-corrected chi connectivity index (χ2v) is 7.60. The third kappa shape index (κ3) is 3.72. The quantitative estimate of drug-likeness (QED) is 0.625. The van der Waals surface area contributed by atoms with Crippen molar-refractivity contribution in [2.75, 3.05) is 24.0 Å². The molecule has 1 unspecified atom stereocenters. The molecule has 2 aliphatic rings. The molecular weight excluding hydrogens is 425 g/mol. The average Bonchev–Trinajstić information content (AvgIpc) is 3.40. The summed E-state index contributed by atoms with van der Waals surface area (Å²) in [5.41, 5.74) is 2.45. The van der Waals surface area contributed by atoms with Gasteiger partial charge in [-0.15, -0.1) is 0 Å². The van der Waals surface area contributed by atoms with E-state index in [4.69, 9.17) is 9.47 Å². The molecule has 2 aromatic carbocycles. The number of benzene rings is 2. The molecular formula is C22H19F3N4O3. The smallest absolute Gasteiger partial charge is 0.410 e. The molecule has 0 bridgehead atoms. The molecule has 0 aliphatic carbocycles. The lowest BCUT2D eigenvalue weighted by atomic mass is 10.0. The molecule has 3 heterocycles. The van der Waals surface area contributed by atoms with Crippen molar-refractivity contribution < 1.29 is 27.4 Å². The number of nitrogens with zero attached hydrogens (tertiary/aromatic N) is 2. The van der Waals surface area contributed by atoms with E-state index in [0.717, 1.165) is 15.8 Å².